The SMILES string of the molecule is COc1cc2cc(c1Cl)N(C)C(=O)C[C@H](OC(=O)[C@H](C)N(C)C(=O)CCC(C)(C)SSC)[C@]1(C)O[C@H]1[C@H](C)[C@@H]1C[C@@](O)(NC(=O)O1)[C@H](OC)/C=C/C=C(\C)C2. The number of epoxide rings is 1. The number of anilines is 1. The standard InChI is InChI=1S/C39H56ClN3O10S2/c1-22-13-12-14-29(50-10)39(48)21-28(51-36(47)41-39)23(2)34-38(6,53-34)30(20-32(45)43(8)26-18-25(17-22)19-27(49-9)33(26)40)52-35(46)24(3)42(7)31(44)15-16-37(4,5)55-54-11/h12-14,18-19,23-24,28-30,34,48H,15-17,20-21H2,1-11H3,(H,41,47)/b14-12+,22-13+/t23-,24+,28+,29-,30+,34+,38+,39+/m1/s1. The highest BCUT2D eigenvalue weighted by Crippen LogP contribution is 2.49. The highest BCUT2D eigenvalue weighted by Gasteiger charge is 2.64. The van der Waals surface area contributed by atoms with Gasteiger partial charge < -0.3 is 38.6 Å². The molecule has 0 saturated carbocycles. The van der Waals surface area contributed by atoms with Crippen molar-refractivity contribution in [2.24, 2.45) is 5.92 Å². The second-order valence-electron chi connectivity index (χ2n) is 15.4. The number of alkyl carbamates (subject to hydrolysis) is 1. The quantitative estimate of drug-likeness (QED) is 0.160. The first-order valence-electron chi connectivity index (χ1n) is 18.3. The van der Waals surface area contributed by atoms with Gasteiger partial charge >= 0.3 is 12.1 Å². The zero-order valence-electron chi connectivity index (χ0n) is 33.6. The fraction of sp³-hybridized carbons (Fsp3) is 0.641. The number of fused-ring (bicyclic) bond motifs is 5. The molecule has 0 spiro atoms. The van der Waals surface area contributed by atoms with Gasteiger partial charge in [-0.05, 0) is 71.4 Å². The maximum atomic E-state index is 14.2. The number of amides is 3. The van der Waals surface area contributed by atoms with Gasteiger partial charge in [0.1, 0.15) is 40.7 Å². The monoisotopic (exact) mass is 825 g/mol. The maximum Gasteiger partial charge on any atom is 0.409 e. The summed E-state index contributed by atoms with van der Waals surface area (Å²) in [5.74, 6) is -1.50. The minimum atomic E-state index is -1.83. The van der Waals surface area contributed by atoms with Gasteiger partial charge in [0.25, 0.3) is 0 Å². The molecular formula is C39H56ClN3O10S2. The van der Waals surface area contributed by atoms with Crippen LogP contribution in [-0.2, 0) is 39.8 Å². The molecule has 4 bridgehead atoms. The first-order valence-corrected chi connectivity index (χ1v) is 21.2. The Morgan fingerprint density at radius 3 is 2.58 bits per heavy atom. The number of hydrogen-bond acceptors (Lipinski definition) is 12. The summed E-state index contributed by atoms with van der Waals surface area (Å²) in [4.78, 5) is 56.9. The molecule has 3 amide bonds. The van der Waals surface area contributed by atoms with Crippen LogP contribution < -0.4 is 15.0 Å². The second-order valence-corrected chi connectivity index (χ2v) is 18.9. The van der Waals surface area contributed by atoms with E-state index in [1.54, 1.807) is 73.8 Å². The molecule has 2 fully saturated rings. The van der Waals surface area contributed by atoms with Crippen LogP contribution in [0.4, 0.5) is 10.5 Å². The van der Waals surface area contributed by atoms with Crippen LogP contribution in [0, 0.1) is 5.92 Å². The predicted molar refractivity (Wildman–Crippen MR) is 215 cm³/mol. The number of benzene rings is 1. The minimum Gasteiger partial charge on any atom is -0.495 e. The van der Waals surface area contributed by atoms with Crippen LogP contribution in [0.2, 0.25) is 5.02 Å². The Balaban J connectivity index is 1.71. The Morgan fingerprint density at radius 1 is 1.25 bits per heavy atom. The average Bonchev–Trinajstić information content (AvgIpc) is 3.82. The number of esters is 1. The van der Waals surface area contributed by atoms with Crippen molar-refractivity contribution in [3.05, 3.63) is 46.5 Å². The Hall–Kier alpha value is -2.95. The molecule has 1 aromatic carbocycles. The Labute approximate surface area is 337 Å². The van der Waals surface area contributed by atoms with Crippen LogP contribution in [-0.4, -0.2) is 115 Å². The van der Waals surface area contributed by atoms with Gasteiger partial charge in [-0.3, -0.25) is 14.9 Å². The highest BCUT2D eigenvalue weighted by molar-refractivity contribution is 8.76. The summed E-state index contributed by atoms with van der Waals surface area (Å²) >= 11 is 6.78. The van der Waals surface area contributed by atoms with Crippen LogP contribution in [0.3, 0.4) is 0 Å². The Bertz CT molecular complexity index is 1680. The second kappa shape index (κ2) is 18.1. The van der Waals surface area contributed by atoms with Gasteiger partial charge in [-0.1, -0.05) is 63.9 Å². The number of methoxy groups -OCH3 is 2. The van der Waals surface area contributed by atoms with Gasteiger partial charge in [0.15, 0.2) is 5.72 Å². The van der Waals surface area contributed by atoms with E-state index in [0.29, 0.717) is 24.3 Å². The summed E-state index contributed by atoms with van der Waals surface area (Å²) in [5.41, 5.74) is -0.900. The van der Waals surface area contributed by atoms with E-state index in [1.807, 2.05) is 26.2 Å². The number of nitrogens with zero attached hydrogens (tertiary/aromatic N) is 2. The van der Waals surface area contributed by atoms with Crippen molar-refractivity contribution in [1.82, 2.24) is 10.2 Å². The molecule has 55 heavy (non-hydrogen) atoms. The lowest BCUT2D eigenvalue weighted by Crippen LogP contribution is -2.63. The summed E-state index contributed by atoms with van der Waals surface area (Å²) in [6.45, 7) is 11.2. The normalized spacial score (nSPS) is 30.8. The Kier molecular flexibility index (Phi) is 14.7. The van der Waals surface area contributed by atoms with E-state index in [0.717, 1.165) is 11.1 Å². The Morgan fingerprint density at radius 2 is 1.95 bits per heavy atom. The lowest BCUT2D eigenvalue weighted by molar-refractivity contribution is -0.162. The fourth-order valence-electron chi connectivity index (χ4n) is 7.07. The molecule has 8 atom stereocenters. The van der Waals surface area contributed by atoms with Crippen molar-refractivity contribution in [1.29, 1.82) is 0 Å². The average molecular weight is 826 g/mol. The number of likely N-dealkylation sites (N-methyl/N-ethyl adjacent to an activating group) is 1. The molecule has 13 nitrogen and oxygen atoms in total. The zero-order valence-corrected chi connectivity index (χ0v) is 36.0. The van der Waals surface area contributed by atoms with E-state index in [4.69, 9.17) is 35.3 Å². The molecule has 4 rings (SSSR count). The van der Waals surface area contributed by atoms with Crippen LogP contribution in [0.15, 0.2) is 35.9 Å². The van der Waals surface area contributed by atoms with Crippen LogP contribution in [0.5, 0.6) is 5.75 Å². The smallest absolute Gasteiger partial charge is 0.409 e. The number of halogens is 1. The number of carbonyl (C=O) groups excluding carboxylic acids is 4. The molecule has 306 valence electrons. The highest BCUT2D eigenvalue weighted by atomic mass is 35.5. The van der Waals surface area contributed by atoms with Gasteiger partial charge in [0, 0.05) is 44.7 Å². The maximum absolute atomic E-state index is 14.2. The number of rotatable bonds is 10. The molecule has 0 aromatic heterocycles. The molecule has 3 heterocycles. The van der Waals surface area contributed by atoms with E-state index >= 15 is 0 Å². The third-order valence-electron chi connectivity index (χ3n) is 10.8. The predicted octanol–water partition coefficient (Wildman–Crippen LogP) is 6.08. The minimum absolute atomic E-state index is 0.0478. The summed E-state index contributed by atoms with van der Waals surface area (Å²) in [6, 6.07) is 2.62. The van der Waals surface area contributed by atoms with Crippen LogP contribution >= 0.6 is 33.2 Å². The topological polar surface area (TPSA) is 156 Å². The van der Waals surface area contributed by atoms with Crippen molar-refractivity contribution in [3.8, 4) is 5.75 Å². The summed E-state index contributed by atoms with van der Waals surface area (Å²) in [5, 5.41) is 14.5. The number of hydrogen-bond donors (Lipinski definition) is 2. The molecule has 2 N–H and O–H groups in total. The van der Waals surface area contributed by atoms with E-state index < -0.39 is 65.7 Å². The fourth-order valence-corrected chi connectivity index (χ4v) is 9.62. The third kappa shape index (κ3) is 10.5. The van der Waals surface area contributed by atoms with Crippen molar-refractivity contribution in [3.63, 3.8) is 0 Å². The molecule has 0 radical (unpaired) electrons. The first-order chi connectivity index (χ1) is 25.7. The summed E-state index contributed by atoms with van der Waals surface area (Å²) in [6.07, 6.45) is 3.81. The van der Waals surface area contributed by atoms with Crippen molar-refractivity contribution < 1.29 is 48.0 Å². The number of aliphatic hydroxyl groups is 1. The largest absolute Gasteiger partial charge is 0.495 e. The van der Waals surface area contributed by atoms with E-state index in [1.165, 1.54) is 24.0 Å². The zero-order chi connectivity index (χ0) is 41.0. The number of nitrogens with one attached hydrogen (secondary N) is 1. The van der Waals surface area contributed by atoms with E-state index in [-0.39, 0.29) is 34.9 Å². The summed E-state index contributed by atoms with van der Waals surface area (Å²) in [7, 11) is 9.39. The van der Waals surface area contributed by atoms with Crippen LogP contribution in [0.25, 0.3) is 0 Å². The molecule has 3 aliphatic rings. The first kappa shape index (κ1) is 44.8. The van der Waals surface area contributed by atoms with E-state index in [9.17, 15) is 24.3 Å². The molecule has 16 heteroatoms. The molecule has 2 saturated heterocycles. The lowest BCUT2D eigenvalue weighted by Gasteiger charge is -2.42. The van der Waals surface area contributed by atoms with Crippen molar-refractivity contribution in [2.75, 3.05) is 39.5 Å². The van der Waals surface area contributed by atoms with Gasteiger partial charge in [0.05, 0.1) is 25.3 Å². The lowest BCUT2D eigenvalue weighted by atomic mass is 9.83. The van der Waals surface area contributed by atoms with E-state index in [2.05, 4.69) is 19.2 Å². The number of carbonyl (C=O) groups is 4. The third-order valence-corrected chi connectivity index (χ3v) is 13.8. The number of allylic oxidation sites excluding steroid dienone is 3. The van der Waals surface area contributed by atoms with Gasteiger partial charge in [0.2, 0.25) is 11.8 Å². The van der Waals surface area contributed by atoms with Gasteiger partial charge in [-0.2, -0.15) is 0 Å². The molecule has 0 aliphatic carbocycles. The van der Waals surface area contributed by atoms with Gasteiger partial charge in [-0.25, -0.2) is 9.59 Å². The van der Waals surface area contributed by atoms with Crippen LogP contribution in [0.1, 0.15) is 72.8 Å². The summed E-state index contributed by atoms with van der Waals surface area (Å²) < 4.78 is 29.2. The number of ether oxygens (including phenoxy) is 5. The van der Waals surface area contributed by atoms with Gasteiger partial charge in [-0.15, -0.1) is 0 Å². The van der Waals surface area contributed by atoms with Crippen molar-refractivity contribution >= 4 is 62.8 Å². The van der Waals surface area contributed by atoms with Crippen molar-refractivity contribution in [2.45, 2.75) is 120 Å². The molecule has 0 unspecified atom stereocenters. The molecule has 3 aliphatic heterocycles. The molecular weight excluding hydrogens is 770 g/mol. The molecule has 1 aromatic rings.